The molecule has 0 radical (unpaired) electrons. The maximum atomic E-state index is 13.0. The number of hydrogen-bond donors (Lipinski definition) is 2. The van der Waals surface area contributed by atoms with Crippen molar-refractivity contribution < 1.29 is 46.8 Å². The minimum absolute atomic E-state index is 0.0652. The van der Waals surface area contributed by atoms with Crippen molar-refractivity contribution in [1.82, 2.24) is 5.32 Å². The smallest absolute Gasteiger partial charge is 0.438 e. The second-order valence-electron chi connectivity index (χ2n) is 6.77. The van der Waals surface area contributed by atoms with Gasteiger partial charge in [0.05, 0.1) is 31.4 Å². The highest BCUT2D eigenvalue weighted by atomic mass is 19.4. The fourth-order valence-corrected chi connectivity index (χ4v) is 3.25. The molecule has 0 bridgehead atoms. The Morgan fingerprint density at radius 1 is 1.13 bits per heavy atom. The summed E-state index contributed by atoms with van der Waals surface area (Å²) in [7, 11) is 3.65. The van der Waals surface area contributed by atoms with Crippen LogP contribution in [0.5, 0.6) is 0 Å². The number of aliphatic hydroxyl groups is 1. The van der Waals surface area contributed by atoms with Gasteiger partial charge in [-0.1, -0.05) is 12.1 Å². The Morgan fingerprint density at radius 3 is 2.17 bits per heavy atom. The molecule has 8 nitrogen and oxygen atoms in total. The van der Waals surface area contributed by atoms with Gasteiger partial charge in [-0.15, -0.1) is 0 Å². The molecule has 1 aliphatic carbocycles. The van der Waals surface area contributed by atoms with Gasteiger partial charge in [0.25, 0.3) is 0 Å². The Kier molecular flexibility index (Phi) is 6.86. The van der Waals surface area contributed by atoms with Crippen LogP contribution in [0.25, 0.3) is 0 Å². The number of methoxy groups -OCH3 is 2. The van der Waals surface area contributed by atoms with Crippen molar-refractivity contribution in [3.8, 4) is 0 Å². The van der Waals surface area contributed by atoms with Crippen molar-refractivity contribution in [2.24, 2.45) is 0 Å². The van der Waals surface area contributed by atoms with Crippen molar-refractivity contribution in [3.63, 3.8) is 0 Å². The number of rotatable bonds is 4. The summed E-state index contributed by atoms with van der Waals surface area (Å²) >= 11 is 0. The van der Waals surface area contributed by atoms with E-state index in [1.807, 2.05) is 0 Å². The average Bonchev–Trinajstić information content (AvgIpc) is 2.69. The summed E-state index contributed by atoms with van der Waals surface area (Å²) in [6.07, 6.45) is -8.24. The number of carbonyl (C=O) groups excluding carboxylic acids is 2. The number of alkyl halides is 3. The molecule has 2 rings (SSSR count). The van der Waals surface area contributed by atoms with Crippen molar-refractivity contribution in [1.29, 1.82) is 0 Å². The molecular weight excluding hydrogens is 411 g/mol. The Hall–Kier alpha value is -2.95. The lowest BCUT2D eigenvalue weighted by molar-refractivity contribution is -0.137. The first-order valence-corrected chi connectivity index (χ1v) is 8.75. The molecule has 3 atom stereocenters. The monoisotopic (exact) mass is 433 g/mol. The lowest BCUT2D eigenvalue weighted by Gasteiger charge is -2.42. The predicted molar refractivity (Wildman–Crippen MR) is 96.3 cm³/mol. The van der Waals surface area contributed by atoms with Crippen molar-refractivity contribution in [2.45, 2.75) is 37.1 Å². The molecule has 3 unspecified atom stereocenters. The summed E-state index contributed by atoms with van der Waals surface area (Å²) in [4.78, 5) is 23.6. The molecule has 0 aromatic heterocycles. The summed E-state index contributed by atoms with van der Waals surface area (Å²) in [6, 6.07) is 3.97. The third-order valence-electron chi connectivity index (χ3n) is 4.68. The largest absolute Gasteiger partial charge is 0.513 e. The third kappa shape index (κ3) is 4.96. The lowest BCUT2D eigenvalue weighted by atomic mass is 9.74. The number of hydrogen-bond acceptors (Lipinski definition) is 8. The number of nitrogens with one attached hydrogen (secondary N) is 1. The van der Waals surface area contributed by atoms with E-state index in [0.29, 0.717) is 0 Å². The molecule has 30 heavy (non-hydrogen) atoms. The van der Waals surface area contributed by atoms with Crippen LogP contribution in [-0.4, -0.2) is 50.4 Å². The highest BCUT2D eigenvalue weighted by molar-refractivity contribution is 5.63. The van der Waals surface area contributed by atoms with E-state index in [1.165, 1.54) is 14.0 Å². The van der Waals surface area contributed by atoms with Gasteiger partial charge in [0, 0.05) is 13.5 Å². The van der Waals surface area contributed by atoms with Crippen LogP contribution in [0.15, 0.2) is 35.7 Å². The van der Waals surface area contributed by atoms with E-state index in [1.54, 1.807) is 0 Å². The molecule has 0 aliphatic heterocycles. The standard InChI is InChI=1S/C19H22F3NO7/c1-18(26)9-12(23-2)14(29-16(24)27-3)13(15(18)30-17(25)28-4)10-5-7-11(8-6-10)19(20,21)22/h5-8,13,15,23,26H,9H2,1-4H3. The normalized spacial score (nSPS) is 24.1. The van der Waals surface area contributed by atoms with E-state index in [9.17, 15) is 27.9 Å². The Bertz CT molecular complexity index is 818. The van der Waals surface area contributed by atoms with Gasteiger partial charge in [0.15, 0.2) is 0 Å². The molecule has 1 aromatic carbocycles. The SMILES string of the molecule is CNC1=C(OC(=O)OC)C(c2ccc(C(F)(F)F)cc2)C(OC(=O)OC)C(C)(O)C1. The van der Waals surface area contributed by atoms with Gasteiger partial charge < -0.3 is 29.4 Å². The maximum Gasteiger partial charge on any atom is 0.513 e. The zero-order valence-corrected chi connectivity index (χ0v) is 16.7. The van der Waals surface area contributed by atoms with E-state index >= 15 is 0 Å². The molecule has 0 spiro atoms. The number of halogens is 3. The first-order chi connectivity index (χ1) is 13.9. The Labute approximate surface area is 170 Å². The molecule has 0 heterocycles. The van der Waals surface area contributed by atoms with E-state index in [0.717, 1.165) is 38.5 Å². The second-order valence-corrected chi connectivity index (χ2v) is 6.77. The van der Waals surface area contributed by atoms with Crippen LogP contribution in [0, 0.1) is 0 Å². The van der Waals surface area contributed by atoms with Crippen LogP contribution in [0.2, 0.25) is 0 Å². The van der Waals surface area contributed by atoms with Crippen LogP contribution in [-0.2, 0) is 25.1 Å². The zero-order valence-electron chi connectivity index (χ0n) is 16.7. The average molecular weight is 433 g/mol. The first-order valence-electron chi connectivity index (χ1n) is 8.75. The van der Waals surface area contributed by atoms with Gasteiger partial charge in [-0.25, -0.2) is 9.59 Å². The Morgan fingerprint density at radius 2 is 1.70 bits per heavy atom. The summed E-state index contributed by atoms with van der Waals surface area (Å²) in [6.45, 7) is 1.38. The van der Waals surface area contributed by atoms with Crippen LogP contribution in [0.1, 0.15) is 30.4 Å². The molecule has 1 aliphatic rings. The number of benzene rings is 1. The fourth-order valence-electron chi connectivity index (χ4n) is 3.25. The summed E-state index contributed by atoms with van der Waals surface area (Å²) in [5.41, 5.74) is -2.10. The summed E-state index contributed by atoms with van der Waals surface area (Å²) in [5.74, 6) is -1.21. The molecule has 0 saturated heterocycles. The molecule has 1 aromatic rings. The Balaban J connectivity index is 2.64. The topological polar surface area (TPSA) is 103 Å². The number of carbonyl (C=O) groups is 2. The number of ether oxygens (including phenoxy) is 4. The van der Waals surface area contributed by atoms with Gasteiger partial charge in [-0.2, -0.15) is 13.2 Å². The molecule has 0 amide bonds. The van der Waals surface area contributed by atoms with E-state index < -0.39 is 41.7 Å². The van der Waals surface area contributed by atoms with E-state index in [-0.39, 0.29) is 23.4 Å². The first kappa shape index (κ1) is 23.3. The van der Waals surface area contributed by atoms with Crippen molar-refractivity contribution in [2.75, 3.05) is 21.3 Å². The molecular formula is C19H22F3NO7. The van der Waals surface area contributed by atoms with Crippen LogP contribution in [0.4, 0.5) is 22.8 Å². The molecule has 0 saturated carbocycles. The van der Waals surface area contributed by atoms with Crippen LogP contribution >= 0.6 is 0 Å². The third-order valence-corrected chi connectivity index (χ3v) is 4.68. The highest BCUT2D eigenvalue weighted by Gasteiger charge is 2.50. The van der Waals surface area contributed by atoms with E-state index in [4.69, 9.17) is 9.47 Å². The highest BCUT2D eigenvalue weighted by Crippen LogP contribution is 2.45. The van der Waals surface area contributed by atoms with Crippen molar-refractivity contribution >= 4 is 12.3 Å². The van der Waals surface area contributed by atoms with Gasteiger partial charge in [0.2, 0.25) is 0 Å². The summed E-state index contributed by atoms with van der Waals surface area (Å²) < 4.78 is 58.4. The van der Waals surface area contributed by atoms with Gasteiger partial charge in [-0.05, 0) is 24.6 Å². The second kappa shape index (κ2) is 8.82. The quantitative estimate of drug-likeness (QED) is 0.698. The molecule has 0 fully saturated rings. The van der Waals surface area contributed by atoms with Gasteiger partial charge >= 0.3 is 18.5 Å². The lowest BCUT2D eigenvalue weighted by Crippen LogP contribution is -2.51. The van der Waals surface area contributed by atoms with Crippen LogP contribution in [0.3, 0.4) is 0 Å². The van der Waals surface area contributed by atoms with Crippen molar-refractivity contribution in [3.05, 3.63) is 46.8 Å². The van der Waals surface area contributed by atoms with E-state index in [2.05, 4.69) is 14.8 Å². The minimum Gasteiger partial charge on any atom is -0.438 e. The molecule has 166 valence electrons. The zero-order chi connectivity index (χ0) is 22.7. The predicted octanol–water partition coefficient (Wildman–Crippen LogP) is 3.31. The van der Waals surface area contributed by atoms with Gasteiger partial charge in [0.1, 0.15) is 17.5 Å². The fraction of sp³-hybridized carbons (Fsp3) is 0.474. The molecule has 11 heteroatoms. The maximum absolute atomic E-state index is 13.0. The van der Waals surface area contributed by atoms with Crippen LogP contribution < -0.4 is 5.32 Å². The summed E-state index contributed by atoms with van der Waals surface area (Å²) in [5, 5.41) is 13.7. The van der Waals surface area contributed by atoms with Gasteiger partial charge in [-0.3, -0.25) is 0 Å². The molecule has 2 N–H and O–H groups in total. The minimum atomic E-state index is -4.56.